The van der Waals surface area contributed by atoms with Gasteiger partial charge in [0, 0.05) is 30.1 Å². The molecular formula is C12H13N3O4. The fourth-order valence-corrected chi connectivity index (χ4v) is 1.62. The summed E-state index contributed by atoms with van der Waals surface area (Å²) < 4.78 is 7.36. The number of aromatic nitrogens is 2. The van der Waals surface area contributed by atoms with Gasteiger partial charge in [-0.1, -0.05) is 0 Å². The maximum atomic E-state index is 10.6. The first kappa shape index (κ1) is 13.0. The van der Waals surface area contributed by atoms with E-state index in [0.717, 1.165) is 0 Å². The fourth-order valence-electron chi connectivity index (χ4n) is 1.62. The van der Waals surface area contributed by atoms with Gasteiger partial charge in [-0.15, -0.1) is 0 Å². The van der Waals surface area contributed by atoms with Gasteiger partial charge in [0.25, 0.3) is 5.69 Å². The highest BCUT2D eigenvalue weighted by atomic mass is 16.6. The van der Waals surface area contributed by atoms with Crippen molar-refractivity contribution in [2.24, 2.45) is 0 Å². The smallest absolute Gasteiger partial charge is 0.270 e. The van der Waals surface area contributed by atoms with Crippen molar-refractivity contribution in [2.45, 2.75) is 13.2 Å². The van der Waals surface area contributed by atoms with Gasteiger partial charge < -0.3 is 14.4 Å². The molecular weight excluding hydrogens is 250 g/mol. The molecule has 0 aliphatic heterocycles. The zero-order valence-electron chi connectivity index (χ0n) is 10.1. The topological polar surface area (TPSA) is 90.4 Å². The molecule has 0 amide bonds. The lowest BCUT2D eigenvalue weighted by molar-refractivity contribution is -0.385. The van der Waals surface area contributed by atoms with Gasteiger partial charge in [0.15, 0.2) is 0 Å². The summed E-state index contributed by atoms with van der Waals surface area (Å²) >= 11 is 0. The maximum Gasteiger partial charge on any atom is 0.270 e. The van der Waals surface area contributed by atoms with E-state index in [1.54, 1.807) is 12.5 Å². The maximum absolute atomic E-state index is 10.6. The van der Waals surface area contributed by atoms with E-state index in [1.807, 2.05) is 10.8 Å². The van der Waals surface area contributed by atoms with Crippen molar-refractivity contribution in [2.75, 3.05) is 6.61 Å². The van der Waals surface area contributed by atoms with E-state index in [1.165, 1.54) is 18.2 Å². The minimum absolute atomic E-state index is 0.0639. The summed E-state index contributed by atoms with van der Waals surface area (Å²) in [4.78, 5) is 14.0. The summed E-state index contributed by atoms with van der Waals surface area (Å²) in [6.45, 7) is 0.700. The second-order valence-corrected chi connectivity index (χ2v) is 3.86. The van der Waals surface area contributed by atoms with Gasteiger partial charge in [0.05, 0.1) is 24.4 Å². The number of aliphatic hydroxyl groups excluding tert-OH is 1. The molecule has 1 heterocycles. The number of aliphatic hydroxyl groups is 1. The molecule has 0 bridgehead atoms. The normalized spacial score (nSPS) is 10.4. The number of nitro groups is 1. The lowest BCUT2D eigenvalue weighted by atomic mass is 10.2. The highest BCUT2D eigenvalue weighted by molar-refractivity contribution is 5.43. The summed E-state index contributed by atoms with van der Waals surface area (Å²) in [6.07, 6.45) is 5.16. The first-order valence-corrected chi connectivity index (χ1v) is 5.67. The number of rotatable bonds is 6. The standard InChI is InChI=1S/C12H13N3O4/c16-8-10-7-11(15(17)18)1-2-12(10)19-6-5-14-4-3-13-9-14/h1-4,7,9,16H,5-6,8H2. The Bertz CT molecular complexity index is 554. The minimum atomic E-state index is -0.506. The van der Waals surface area contributed by atoms with Crippen molar-refractivity contribution in [3.05, 3.63) is 52.6 Å². The Morgan fingerprint density at radius 2 is 2.32 bits per heavy atom. The van der Waals surface area contributed by atoms with Gasteiger partial charge in [-0.2, -0.15) is 0 Å². The van der Waals surface area contributed by atoms with Crippen molar-refractivity contribution in [1.29, 1.82) is 0 Å². The predicted molar refractivity (Wildman–Crippen MR) is 66.7 cm³/mol. The first-order valence-electron chi connectivity index (χ1n) is 5.67. The van der Waals surface area contributed by atoms with E-state index in [2.05, 4.69) is 4.98 Å². The van der Waals surface area contributed by atoms with Gasteiger partial charge in [-0.25, -0.2) is 4.98 Å². The van der Waals surface area contributed by atoms with Crippen molar-refractivity contribution in [3.8, 4) is 5.75 Å². The second-order valence-electron chi connectivity index (χ2n) is 3.86. The summed E-state index contributed by atoms with van der Waals surface area (Å²) in [5.74, 6) is 0.452. The molecule has 2 aromatic rings. The third-order valence-corrected chi connectivity index (χ3v) is 2.59. The number of hydrogen-bond donors (Lipinski definition) is 1. The van der Waals surface area contributed by atoms with Gasteiger partial charge in [-0.3, -0.25) is 10.1 Å². The molecule has 0 aliphatic rings. The SMILES string of the molecule is O=[N+]([O-])c1ccc(OCCn2ccnc2)c(CO)c1. The summed E-state index contributed by atoms with van der Waals surface area (Å²) in [6, 6.07) is 4.16. The van der Waals surface area contributed by atoms with E-state index in [-0.39, 0.29) is 12.3 Å². The Hall–Kier alpha value is -2.41. The van der Waals surface area contributed by atoms with Gasteiger partial charge in [0.1, 0.15) is 12.4 Å². The van der Waals surface area contributed by atoms with Gasteiger partial charge in [-0.05, 0) is 6.07 Å². The number of nitrogens with zero attached hydrogens (tertiary/aromatic N) is 3. The molecule has 0 saturated carbocycles. The molecule has 0 aliphatic carbocycles. The molecule has 1 N–H and O–H groups in total. The van der Waals surface area contributed by atoms with Crippen LogP contribution < -0.4 is 4.74 Å². The van der Waals surface area contributed by atoms with E-state index < -0.39 is 4.92 Å². The number of non-ortho nitro benzene ring substituents is 1. The molecule has 100 valence electrons. The van der Waals surface area contributed by atoms with Gasteiger partial charge >= 0.3 is 0 Å². The fraction of sp³-hybridized carbons (Fsp3) is 0.250. The third kappa shape index (κ3) is 3.29. The number of ether oxygens (including phenoxy) is 1. The van der Waals surface area contributed by atoms with E-state index in [0.29, 0.717) is 24.5 Å². The minimum Gasteiger partial charge on any atom is -0.491 e. The van der Waals surface area contributed by atoms with Crippen LogP contribution in [0.25, 0.3) is 0 Å². The molecule has 1 aromatic carbocycles. The summed E-state index contributed by atoms with van der Waals surface area (Å²) in [7, 11) is 0. The average molecular weight is 263 g/mol. The monoisotopic (exact) mass is 263 g/mol. The molecule has 0 atom stereocenters. The Balaban J connectivity index is 2.01. The van der Waals surface area contributed by atoms with Crippen LogP contribution in [0.15, 0.2) is 36.9 Å². The molecule has 0 unspecified atom stereocenters. The van der Waals surface area contributed by atoms with E-state index in [9.17, 15) is 15.2 Å². The van der Waals surface area contributed by atoms with Crippen molar-refractivity contribution in [3.63, 3.8) is 0 Å². The Kier molecular flexibility index (Phi) is 4.09. The molecule has 0 saturated heterocycles. The number of nitro benzene ring substituents is 1. The van der Waals surface area contributed by atoms with Crippen LogP contribution in [0.4, 0.5) is 5.69 Å². The van der Waals surface area contributed by atoms with Crippen LogP contribution >= 0.6 is 0 Å². The molecule has 19 heavy (non-hydrogen) atoms. The molecule has 2 rings (SSSR count). The number of benzene rings is 1. The lowest BCUT2D eigenvalue weighted by Crippen LogP contribution is -2.08. The van der Waals surface area contributed by atoms with Crippen LogP contribution in [0, 0.1) is 10.1 Å². The van der Waals surface area contributed by atoms with Crippen LogP contribution in [-0.4, -0.2) is 26.2 Å². The average Bonchev–Trinajstić information content (AvgIpc) is 2.92. The largest absolute Gasteiger partial charge is 0.491 e. The second kappa shape index (κ2) is 5.96. The molecule has 1 aromatic heterocycles. The summed E-state index contributed by atoms with van der Waals surface area (Å²) in [5, 5.41) is 19.8. The van der Waals surface area contributed by atoms with Crippen LogP contribution in [0.5, 0.6) is 5.75 Å². The van der Waals surface area contributed by atoms with E-state index in [4.69, 9.17) is 4.74 Å². The number of hydrogen-bond acceptors (Lipinski definition) is 5. The quantitative estimate of drug-likeness (QED) is 0.627. The summed E-state index contributed by atoms with van der Waals surface area (Å²) in [5.41, 5.74) is 0.339. The van der Waals surface area contributed by atoms with Crippen molar-refractivity contribution >= 4 is 5.69 Å². The van der Waals surface area contributed by atoms with E-state index >= 15 is 0 Å². The molecule has 0 fully saturated rings. The van der Waals surface area contributed by atoms with Crippen LogP contribution in [0.3, 0.4) is 0 Å². The zero-order chi connectivity index (χ0) is 13.7. The van der Waals surface area contributed by atoms with Crippen LogP contribution in [0.2, 0.25) is 0 Å². The highest BCUT2D eigenvalue weighted by Crippen LogP contribution is 2.24. The first-order chi connectivity index (χ1) is 9.20. The lowest BCUT2D eigenvalue weighted by Gasteiger charge is -2.10. The van der Waals surface area contributed by atoms with Crippen LogP contribution in [0.1, 0.15) is 5.56 Å². The third-order valence-electron chi connectivity index (χ3n) is 2.59. The van der Waals surface area contributed by atoms with Crippen molar-refractivity contribution < 1.29 is 14.8 Å². The molecule has 0 radical (unpaired) electrons. The Labute approximate surface area is 109 Å². The Morgan fingerprint density at radius 1 is 1.47 bits per heavy atom. The molecule has 7 heteroatoms. The molecule has 0 spiro atoms. The zero-order valence-corrected chi connectivity index (χ0v) is 10.1. The number of imidazole rings is 1. The van der Waals surface area contributed by atoms with Crippen LogP contribution in [-0.2, 0) is 13.2 Å². The van der Waals surface area contributed by atoms with Gasteiger partial charge in [0.2, 0.25) is 0 Å². The Morgan fingerprint density at radius 3 is 2.95 bits per heavy atom. The predicted octanol–water partition coefficient (Wildman–Crippen LogP) is 1.36. The molecule has 7 nitrogen and oxygen atoms in total. The highest BCUT2D eigenvalue weighted by Gasteiger charge is 2.11. The van der Waals surface area contributed by atoms with Crippen molar-refractivity contribution in [1.82, 2.24) is 9.55 Å².